The summed E-state index contributed by atoms with van der Waals surface area (Å²) in [7, 11) is 0. The Hall–Kier alpha value is -1.27. The molecule has 0 atom stereocenters. The molecule has 0 fully saturated rings. The molecule has 0 amide bonds. The molecule has 0 radical (unpaired) electrons. The van der Waals surface area contributed by atoms with Crippen LogP contribution in [-0.2, 0) is 12.8 Å². The second-order valence-electron chi connectivity index (χ2n) is 6.44. The van der Waals surface area contributed by atoms with Gasteiger partial charge in [0, 0.05) is 4.88 Å². The fourth-order valence-electron chi connectivity index (χ4n) is 3.28. The first-order valence-electron chi connectivity index (χ1n) is 8.87. The Bertz CT molecular complexity index is 1130. The number of halogens is 2. The number of benzene rings is 1. The molecule has 144 valence electrons. The van der Waals surface area contributed by atoms with E-state index in [4.69, 9.17) is 4.74 Å². The standard InChI is InChI=1S/C20H17I2N3O2S/c1-2-7-27-18-14(21)8-12(9-15(18)22)10-24-25-11-23-19-17(20(25)26)13-5-3-4-6-16(13)28-19/h2,8-11H,1,3-7H2/b24-10-. The molecular weight excluding hydrogens is 600 g/mol. The molecule has 8 heteroatoms. The number of aryl methyl sites for hydroxylation is 2. The molecule has 3 aromatic rings. The summed E-state index contributed by atoms with van der Waals surface area (Å²) in [5, 5.41) is 5.13. The van der Waals surface area contributed by atoms with E-state index in [2.05, 4.69) is 61.8 Å². The molecular formula is C20H17I2N3O2S. The Kier molecular flexibility index (Phi) is 6.16. The molecule has 0 N–H and O–H groups in total. The molecule has 1 aliphatic carbocycles. The minimum atomic E-state index is -0.0871. The molecule has 1 aliphatic rings. The van der Waals surface area contributed by atoms with Crippen molar-refractivity contribution in [2.24, 2.45) is 5.10 Å². The zero-order chi connectivity index (χ0) is 19.7. The number of hydrogen-bond acceptors (Lipinski definition) is 5. The van der Waals surface area contributed by atoms with Gasteiger partial charge in [0.05, 0.1) is 18.7 Å². The molecule has 0 spiro atoms. The largest absolute Gasteiger partial charge is 0.487 e. The number of fused-ring (bicyclic) bond motifs is 3. The van der Waals surface area contributed by atoms with Crippen molar-refractivity contribution in [2.75, 3.05) is 6.61 Å². The SMILES string of the molecule is C=CCOc1c(I)cc(/C=N\n2cnc3sc4c(c3c2=O)CCCC4)cc1I. The quantitative estimate of drug-likeness (QED) is 0.231. The van der Waals surface area contributed by atoms with Gasteiger partial charge in [0.15, 0.2) is 0 Å². The van der Waals surface area contributed by atoms with E-state index in [1.165, 1.54) is 27.9 Å². The minimum Gasteiger partial charge on any atom is -0.487 e. The summed E-state index contributed by atoms with van der Waals surface area (Å²) in [6, 6.07) is 3.96. The molecule has 0 aliphatic heterocycles. The van der Waals surface area contributed by atoms with Gasteiger partial charge in [0.2, 0.25) is 0 Å². The van der Waals surface area contributed by atoms with Crippen molar-refractivity contribution in [1.29, 1.82) is 0 Å². The van der Waals surface area contributed by atoms with Crippen molar-refractivity contribution >= 4 is 72.9 Å². The smallest absolute Gasteiger partial charge is 0.282 e. The van der Waals surface area contributed by atoms with Crippen LogP contribution in [0.15, 0.2) is 41.0 Å². The number of aromatic nitrogens is 2. The fourth-order valence-corrected chi connectivity index (χ4v) is 6.63. The van der Waals surface area contributed by atoms with Gasteiger partial charge < -0.3 is 4.74 Å². The van der Waals surface area contributed by atoms with Gasteiger partial charge in [-0.05, 0) is 94.1 Å². The minimum absolute atomic E-state index is 0.0871. The Balaban J connectivity index is 1.68. The number of rotatable bonds is 5. The first-order chi connectivity index (χ1) is 13.6. The van der Waals surface area contributed by atoms with E-state index in [1.54, 1.807) is 23.6 Å². The highest BCUT2D eigenvalue weighted by Crippen LogP contribution is 2.33. The lowest BCUT2D eigenvalue weighted by atomic mass is 9.97. The Morgan fingerprint density at radius 2 is 2.04 bits per heavy atom. The van der Waals surface area contributed by atoms with Crippen LogP contribution >= 0.6 is 56.5 Å². The van der Waals surface area contributed by atoms with Crippen LogP contribution in [0.1, 0.15) is 28.8 Å². The third-order valence-electron chi connectivity index (χ3n) is 4.56. The Labute approximate surface area is 193 Å². The van der Waals surface area contributed by atoms with Crippen molar-refractivity contribution in [1.82, 2.24) is 9.66 Å². The number of ether oxygens (including phenoxy) is 1. The van der Waals surface area contributed by atoms with Crippen molar-refractivity contribution in [3.05, 3.63) is 64.6 Å². The van der Waals surface area contributed by atoms with E-state index >= 15 is 0 Å². The van der Waals surface area contributed by atoms with Gasteiger partial charge in [-0.1, -0.05) is 12.7 Å². The topological polar surface area (TPSA) is 56.5 Å². The summed E-state index contributed by atoms with van der Waals surface area (Å²) in [5.74, 6) is 0.836. The molecule has 0 bridgehead atoms. The maximum atomic E-state index is 13.0. The molecule has 2 heterocycles. The molecule has 5 nitrogen and oxygen atoms in total. The van der Waals surface area contributed by atoms with Gasteiger partial charge in [-0.25, -0.2) is 4.98 Å². The summed E-state index contributed by atoms with van der Waals surface area (Å²) in [4.78, 5) is 19.6. The Morgan fingerprint density at radius 1 is 1.29 bits per heavy atom. The second kappa shape index (κ2) is 8.62. The van der Waals surface area contributed by atoms with Crippen LogP contribution in [0, 0.1) is 7.14 Å². The van der Waals surface area contributed by atoms with E-state index in [0.717, 1.165) is 47.9 Å². The van der Waals surface area contributed by atoms with Crippen molar-refractivity contribution in [3.63, 3.8) is 0 Å². The molecule has 28 heavy (non-hydrogen) atoms. The van der Waals surface area contributed by atoms with Gasteiger partial charge >= 0.3 is 0 Å². The van der Waals surface area contributed by atoms with E-state index in [0.29, 0.717) is 6.61 Å². The molecule has 2 aromatic heterocycles. The van der Waals surface area contributed by atoms with Crippen LogP contribution in [0.2, 0.25) is 0 Å². The summed E-state index contributed by atoms with van der Waals surface area (Å²) in [5.41, 5.74) is 2.00. The highest BCUT2D eigenvalue weighted by atomic mass is 127. The highest BCUT2D eigenvalue weighted by molar-refractivity contribution is 14.1. The number of nitrogens with zero attached hydrogens (tertiary/aromatic N) is 3. The third-order valence-corrected chi connectivity index (χ3v) is 7.36. The monoisotopic (exact) mass is 617 g/mol. The lowest BCUT2D eigenvalue weighted by molar-refractivity contribution is 0.358. The number of hydrogen-bond donors (Lipinski definition) is 0. The maximum Gasteiger partial charge on any atom is 0.282 e. The maximum absolute atomic E-state index is 13.0. The first kappa shape index (κ1) is 20.0. The number of thiophene rings is 1. The lowest BCUT2D eigenvalue weighted by Crippen LogP contribution is -2.18. The zero-order valence-corrected chi connectivity index (χ0v) is 20.1. The predicted molar refractivity (Wildman–Crippen MR) is 131 cm³/mol. The summed E-state index contributed by atoms with van der Waals surface area (Å²) in [6.07, 6.45) is 9.26. The van der Waals surface area contributed by atoms with Crippen molar-refractivity contribution < 1.29 is 4.74 Å². The van der Waals surface area contributed by atoms with Crippen LogP contribution in [0.25, 0.3) is 10.2 Å². The van der Waals surface area contributed by atoms with Crippen LogP contribution in [0.5, 0.6) is 5.75 Å². The normalized spacial score (nSPS) is 13.8. The van der Waals surface area contributed by atoms with E-state index in [-0.39, 0.29) is 5.56 Å². The third kappa shape index (κ3) is 3.90. The average molecular weight is 617 g/mol. The van der Waals surface area contributed by atoms with Gasteiger partial charge in [-0.15, -0.1) is 11.3 Å². The van der Waals surface area contributed by atoms with Gasteiger partial charge in [-0.2, -0.15) is 9.78 Å². The van der Waals surface area contributed by atoms with E-state index < -0.39 is 0 Å². The van der Waals surface area contributed by atoms with Crippen LogP contribution in [0.4, 0.5) is 0 Å². The summed E-state index contributed by atoms with van der Waals surface area (Å²) in [6.45, 7) is 4.14. The summed E-state index contributed by atoms with van der Waals surface area (Å²) < 4.78 is 9.02. The van der Waals surface area contributed by atoms with Crippen LogP contribution in [-0.4, -0.2) is 22.5 Å². The lowest BCUT2D eigenvalue weighted by Gasteiger charge is -2.10. The fraction of sp³-hybridized carbons (Fsp3) is 0.250. The van der Waals surface area contributed by atoms with Crippen LogP contribution < -0.4 is 10.3 Å². The van der Waals surface area contributed by atoms with Crippen LogP contribution in [0.3, 0.4) is 0 Å². The molecule has 1 aromatic carbocycles. The molecule has 4 rings (SSSR count). The van der Waals surface area contributed by atoms with Crippen molar-refractivity contribution in [2.45, 2.75) is 25.7 Å². The molecule has 0 saturated carbocycles. The first-order valence-corrected chi connectivity index (χ1v) is 11.8. The molecule has 0 saturated heterocycles. The average Bonchev–Trinajstić information content (AvgIpc) is 3.06. The van der Waals surface area contributed by atoms with E-state index in [1.807, 2.05) is 12.1 Å². The van der Waals surface area contributed by atoms with E-state index in [9.17, 15) is 4.79 Å². The highest BCUT2D eigenvalue weighted by Gasteiger charge is 2.19. The Morgan fingerprint density at radius 3 is 2.79 bits per heavy atom. The second-order valence-corrected chi connectivity index (χ2v) is 9.85. The van der Waals surface area contributed by atoms with Gasteiger partial charge in [0.1, 0.15) is 23.5 Å². The summed E-state index contributed by atoms with van der Waals surface area (Å²) >= 11 is 6.13. The predicted octanol–water partition coefficient (Wildman–Crippen LogP) is 4.99. The zero-order valence-electron chi connectivity index (χ0n) is 15.0. The van der Waals surface area contributed by atoms with Crippen molar-refractivity contribution in [3.8, 4) is 5.75 Å². The van der Waals surface area contributed by atoms with Gasteiger partial charge in [-0.3, -0.25) is 4.79 Å². The molecule has 0 unspecified atom stereocenters. The van der Waals surface area contributed by atoms with Gasteiger partial charge in [0.25, 0.3) is 5.56 Å².